The van der Waals surface area contributed by atoms with Crippen LogP contribution in [-0.4, -0.2) is 23.0 Å². The lowest BCUT2D eigenvalue weighted by atomic mass is 10.1. The number of nitrogens with one attached hydrogen (secondary N) is 1. The zero-order chi connectivity index (χ0) is 17.4. The number of carboxylic acid groups (broad SMARTS) is 1. The summed E-state index contributed by atoms with van der Waals surface area (Å²) in [4.78, 5) is 23.3. The minimum Gasteiger partial charge on any atom is -0.480 e. The third-order valence-corrected chi connectivity index (χ3v) is 3.71. The summed E-state index contributed by atoms with van der Waals surface area (Å²) in [6.07, 6.45) is 4.25. The molecule has 2 aromatic carbocycles. The Kier molecular flexibility index (Phi) is 6.32. The molecule has 4 nitrogen and oxygen atoms in total. The Morgan fingerprint density at radius 1 is 1.04 bits per heavy atom. The first-order chi connectivity index (χ1) is 11.6. The van der Waals surface area contributed by atoms with Crippen LogP contribution in [0.4, 0.5) is 0 Å². The highest BCUT2D eigenvalue weighted by atomic mass is 16.4. The largest absolute Gasteiger partial charge is 0.480 e. The van der Waals surface area contributed by atoms with Gasteiger partial charge in [0.15, 0.2) is 0 Å². The van der Waals surface area contributed by atoms with Gasteiger partial charge in [-0.25, -0.2) is 4.79 Å². The van der Waals surface area contributed by atoms with Crippen LogP contribution >= 0.6 is 0 Å². The van der Waals surface area contributed by atoms with Crippen molar-refractivity contribution in [3.63, 3.8) is 0 Å². The first kappa shape index (κ1) is 17.5. The Morgan fingerprint density at radius 3 is 2.29 bits per heavy atom. The molecule has 1 amide bonds. The fraction of sp³-hybridized carbons (Fsp3) is 0.200. The van der Waals surface area contributed by atoms with Crippen LogP contribution in [0.2, 0.25) is 0 Å². The fourth-order valence-corrected chi connectivity index (χ4v) is 2.31. The van der Waals surface area contributed by atoms with Gasteiger partial charge in [-0.1, -0.05) is 61.5 Å². The Labute approximate surface area is 141 Å². The van der Waals surface area contributed by atoms with Crippen LogP contribution in [0.3, 0.4) is 0 Å². The number of amides is 1. The SMILES string of the molecule is CCc1ccc(/C=C/C(=O)N[C@H](Cc2ccccc2)C(=O)O)cc1. The number of carboxylic acids is 1. The Hall–Kier alpha value is -2.88. The number of rotatable bonds is 7. The van der Waals surface area contributed by atoms with Gasteiger partial charge in [-0.05, 0) is 29.2 Å². The predicted octanol–water partition coefficient (Wildman–Crippen LogP) is 3.07. The van der Waals surface area contributed by atoms with E-state index in [1.165, 1.54) is 11.6 Å². The molecule has 0 saturated carbocycles. The van der Waals surface area contributed by atoms with Gasteiger partial charge in [0.1, 0.15) is 6.04 Å². The third kappa shape index (κ3) is 5.39. The van der Waals surface area contributed by atoms with Gasteiger partial charge in [0, 0.05) is 12.5 Å². The molecule has 2 N–H and O–H groups in total. The lowest BCUT2D eigenvalue weighted by molar-refractivity contribution is -0.141. The molecular weight excluding hydrogens is 302 g/mol. The summed E-state index contributed by atoms with van der Waals surface area (Å²) in [5, 5.41) is 11.8. The second-order valence-corrected chi connectivity index (χ2v) is 5.52. The summed E-state index contributed by atoms with van der Waals surface area (Å²) >= 11 is 0. The van der Waals surface area contributed by atoms with Gasteiger partial charge in [0.05, 0.1) is 0 Å². The summed E-state index contributed by atoms with van der Waals surface area (Å²) in [5.41, 5.74) is 2.99. The van der Waals surface area contributed by atoms with Gasteiger partial charge < -0.3 is 10.4 Å². The highest BCUT2D eigenvalue weighted by Gasteiger charge is 2.19. The van der Waals surface area contributed by atoms with Crippen LogP contribution in [0, 0.1) is 0 Å². The molecule has 0 aliphatic rings. The first-order valence-corrected chi connectivity index (χ1v) is 7.92. The maximum Gasteiger partial charge on any atom is 0.326 e. The van der Waals surface area contributed by atoms with Crippen molar-refractivity contribution in [2.24, 2.45) is 0 Å². The number of aryl methyl sites for hydroxylation is 1. The highest BCUT2D eigenvalue weighted by molar-refractivity contribution is 5.94. The molecule has 0 radical (unpaired) electrons. The van der Waals surface area contributed by atoms with Crippen molar-refractivity contribution in [1.82, 2.24) is 5.32 Å². The van der Waals surface area contributed by atoms with E-state index < -0.39 is 17.9 Å². The van der Waals surface area contributed by atoms with Crippen LogP contribution in [0.1, 0.15) is 23.6 Å². The average molecular weight is 323 g/mol. The minimum atomic E-state index is -1.05. The van der Waals surface area contributed by atoms with Crippen molar-refractivity contribution in [2.45, 2.75) is 25.8 Å². The van der Waals surface area contributed by atoms with E-state index in [1.54, 1.807) is 6.08 Å². The molecule has 124 valence electrons. The summed E-state index contributed by atoms with van der Waals surface area (Å²) in [7, 11) is 0. The molecule has 0 aliphatic heterocycles. The molecule has 4 heteroatoms. The number of carbonyl (C=O) groups excluding carboxylic acids is 1. The van der Waals surface area contributed by atoms with Gasteiger partial charge in [-0.15, -0.1) is 0 Å². The molecule has 0 saturated heterocycles. The van der Waals surface area contributed by atoms with Crippen molar-refractivity contribution < 1.29 is 14.7 Å². The van der Waals surface area contributed by atoms with Gasteiger partial charge in [0.2, 0.25) is 5.91 Å². The molecule has 0 aliphatic carbocycles. The van der Waals surface area contributed by atoms with E-state index in [4.69, 9.17) is 0 Å². The maximum absolute atomic E-state index is 12.0. The van der Waals surface area contributed by atoms with Crippen molar-refractivity contribution >= 4 is 18.0 Å². The van der Waals surface area contributed by atoms with Crippen molar-refractivity contribution in [3.8, 4) is 0 Å². The third-order valence-electron chi connectivity index (χ3n) is 3.71. The van der Waals surface area contributed by atoms with E-state index >= 15 is 0 Å². The molecule has 0 bridgehead atoms. The number of benzene rings is 2. The molecule has 0 fully saturated rings. The van der Waals surface area contributed by atoms with Crippen LogP contribution in [-0.2, 0) is 22.4 Å². The number of carbonyl (C=O) groups is 2. The molecule has 0 spiro atoms. The Bertz CT molecular complexity index is 705. The van der Waals surface area contributed by atoms with Crippen molar-refractivity contribution in [2.75, 3.05) is 0 Å². The molecule has 2 aromatic rings. The second-order valence-electron chi connectivity index (χ2n) is 5.52. The van der Waals surface area contributed by atoms with E-state index in [0.29, 0.717) is 0 Å². The molecular formula is C20H21NO3. The van der Waals surface area contributed by atoms with E-state index in [9.17, 15) is 14.7 Å². The molecule has 1 atom stereocenters. The van der Waals surface area contributed by atoms with E-state index in [1.807, 2.05) is 54.6 Å². The summed E-state index contributed by atoms with van der Waals surface area (Å²) in [6, 6.07) is 16.2. The summed E-state index contributed by atoms with van der Waals surface area (Å²) < 4.78 is 0. The maximum atomic E-state index is 12.0. The number of hydrogen-bond donors (Lipinski definition) is 2. The van der Waals surface area contributed by atoms with E-state index in [-0.39, 0.29) is 6.42 Å². The van der Waals surface area contributed by atoms with Gasteiger partial charge >= 0.3 is 5.97 Å². The Morgan fingerprint density at radius 2 is 1.71 bits per heavy atom. The lowest BCUT2D eigenvalue weighted by Crippen LogP contribution is -2.41. The standard InChI is InChI=1S/C20H21NO3/c1-2-15-8-10-16(11-9-15)12-13-19(22)21-18(20(23)24)14-17-6-4-3-5-7-17/h3-13,18H,2,14H2,1H3,(H,21,22)(H,23,24)/b13-12+/t18-/m1/s1. The molecule has 0 aromatic heterocycles. The Balaban J connectivity index is 1.97. The zero-order valence-corrected chi connectivity index (χ0v) is 13.6. The number of aliphatic carboxylic acids is 1. The van der Waals surface area contributed by atoms with Crippen LogP contribution in [0.15, 0.2) is 60.7 Å². The second kappa shape index (κ2) is 8.67. The monoisotopic (exact) mass is 323 g/mol. The van der Waals surface area contributed by atoms with Crippen LogP contribution in [0.25, 0.3) is 6.08 Å². The van der Waals surface area contributed by atoms with Crippen molar-refractivity contribution in [1.29, 1.82) is 0 Å². The molecule has 0 heterocycles. The van der Waals surface area contributed by atoms with E-state index in [0.717, 1.165) is 17.5 Å². The highest BCUT2D eigenvalue weighted by Crippen LogP contribution is 2.07. The van der Waals surface area contributed by atoms with Crippen LogP contribution in [0.5, 0.6) is 0 Å². The topological polar surface area (TPSA) is 66.4 Å². The van der Waals surface area contributed by atoms with E-state index in [2.05, 4.69) is 12.2 Å². The first-order valence-electron chi connectivity index (χ1n) is 7.92. The molecule has 0 unspecified atom stereocenters. The smallest absolute Gasteiger partial charge is 0.326 e. The van der Waals surface area contributed by atoms with Gasteiger partial charge in [-0.3, -0.25) is 4.79 Å². The summed E-state index contributed by atoms with van der Waals surface area (Å²) in [5.74, 6) is -1.47. The van der Waals surface area contributed by atoms with Crippen LogP contribution < -0.4 is 5.32 Å². The summed E-state index contributed by atoms with van der Waals surface area (Å²) in [6.45, 7) is 2.08. The minimum absolute atomic E-state index is 0.251. The average Bonchev–Trinajstić information content (AvgIpc) is 2.60. The molecule has 2 rings (SSSR count). The quantitative estimate of drug-likeness (QED) is 0.770. The molecule has 24 heavy (non-hydrogen) atoms. The zero-order valence-electron chi connectivity index (χ0n) is 13.6. The van der Waals surface area contributed by atoms with Gasteiger partial charge in [0.25, 0.3) is 0 Å². The fourth-order valence-electron chi connectivity index (χ4n) is 2.31. The normalized spacial score (nSPS) is 12.0. The number of hydrogen-bond acceptors (Lipinski definition) is 2. The van der Waals surface area contributed by atoms with Crippen molar-refractivity contribution in [3.05, 3.63) is 77.4 Å². The van der Waals surface area contributed by atoms with Gasteiger partial charge in [-0.2, -0.15) is 0 Å². The lowest BCUT2D eigenvalue weighted by Gasteiger charge is -2.13. The predicted molar refractivity (Wildman–Crippen MR) is 94.6 cm³/mol.